The van der Waals surface area contributed by atoms with Gasteiger partial charge in [-0.25, -0.2) is 4.98 Å². The van der Waals surface area contributed by atoms with Crippen LogP contribution < -0.4 is 5.32 Å². The maximum atomic E-state index is 5.97. The maximum absolute atomic E-state index is 5.97. The van der Waals surface area contributed by atoms with Crippen molar-refractivity contribution < 1.29 is 4.74 Å². The summed E-state index contributed by atoms with van der Waals surface area (Å²) >= 11 is 11.7. The number of pyridine rings is 1. The van der Waals surface area contributed by atoms with Crippen molar-refractivity contribution in [3.05, 3.63) is 28.0 Å². The highest BCUT2D eigenvalue weighted by Crippen LogP contribution is 2.24. The maximum Gasteiger partial charge on any atom is 0.135 e. The van der Waals surface area contributed by atoms with Crippen LogP contribution in [0.1, 0.15) is 11.6 Å². The van der Waals surface area contributed by atoms with Crippen molar-refractivity contribution in [2.45, 2.75) is 6.04 Å². The van der Waals surface area contributed by atoms with Gasteiger partial charge in [-0.1, -0.05) is 29.3 Å². The molecule has 1 fully saturated rings. The van der Waals surface area contributed by atoms with Gasteiger partial charge >= 0.3 is 0 Å². The van der Waals surface area contributed by atoms with Crippen LogP contribution >= 0.6 is 23.2 Å². The highest BCUT2D eigenvalue weighted by atomic mass is 35.5. The molecule has 1 saturated heterocycles. The molecule has 1 atom stereocenters. The number of hydrogen-bond acceptors (Lipinski definition) is 3. The molecule has 5 heteroatoms. The van der Waals surface area contributed by atoms with E-state index in [4.69, 9.17) is 27.9 Å². The van der Waals surface area contributed by atoms with Crippen LogP contribution in [0.25, 0.3) is 0 Å². The third-order valence-electron chi connectivity index (χ3n) is 2.14. The fourth-order valence-electron chi connectivity index (χ4n) is 1.45. The minimum atomic E-state index is 0.126. The van der Waals surface area contributed by atoms with Crippen LogP contribution in [0, 0.1) is 0 Å². The van der Waals surface area contributed by atoms with Gasteiger partial charge in [0.25, 0.3) is 0 Å². The summed E-state index contributed by atoms with van der Waals surface area (Å²) in [7, 11) is 0. The van der Waals surface area contributed by atoms with E-state index < -0.39 is 0 Å². The van der Waals surface area contributed by atoms with Crippen molar-refractivity contribution in [3.8, 4) is 0 Å². The number of nitrogens with one attached hydrogen (secondary N) is 1. The minimum Gasteiger partial charge on any atom is -0.378 e. The van der Waals surface area contributed by atoms with Gasteiger partial charge in [0.15, 0.2) is 0 Å². The quantitative estimate of drug-likeness (QED) is 0.754. The Morgan fingerprint density at radius 3 is 2.93 bits per heavy atom. The van der Waals surface area contributed by atoms with Crippen LogP contribution in [-0.2, 0) is 4.74 Å². The van der Waals surface area contributed by atoms with Crippen molar-refractivity contribution in [1.82, 2.24) is 10.3 Å². The molecule has 0 aromatic carbocycles. The summed E-state index contributed by atoms with van der Waals surface area (Å²) in [6.07, 6.45) is 0. The zero-order chi connectivity index (χ0) is 9.97. The Balaban J connectivity index is 2.22. The fourth-order valence-corrected chi connectivity index (χ4v) is 1.92. The number of morpholine rings is 1. The Kier molecular flexibility index (Phi) is 3.23. The fraction of sp³-hybridized carbons (Fsp3) is 0.444. The molecule has 1 N–H and O–H groups in total. The van der Waals surface area contributed by atoms with Gasteiger partial charge in [-0.3, -0.25) is 0 Å². The lowest BCUT2D eigenvalue weighted by Crippen LogP contribution is -2.34. The molecule has 2 rings (SSSR count). The summed E-state index contributed by atoms with van der Waals surface area (Å²) < 4.78 is 5.34. The first-order valence-corrected chi connectivity index (χ1v) is 5.16. The zero-order valence-electron chi connectivity index (χ0n) is 7.46. The highest BCUT2D eigenvalue weighted by molar-refractivity contribution is 6.32. The second-order valence-corrected chi connectivity index (χ2v) is 3.84. The summed E-state index contributed by atoms with van der Waals surface area (Å²) in [5.41, 5.74) is 0.941. The van der Waals surface area contributed by atoms with Gasteiger partial charge in [0.2, 0.25) is 0 Å². The normalized spacial score (nSPS) is 22.3. The molecule has 76 valence electrons. The molecular weight excluding hydrogens is 223 g/mol. The third kappa shape index (κ3) is 2.17. The Bertz CT molecular complexity index is 327. The number of rotatable bonds is 1. The summed E-state index contributed by atoms with van der Waals surface area (Å²) in [6, 6.07) is 3.74. The first kappa shape index (κ1) is 10.2. The summed E-state index contributed by atoms with van der Waals surface area (Å²) in [4.78, 5) is 3.98. The lowest BCUT2D eigenvalue weighted by atomic mass is 10.1. The van der Waals surface area contributed by atoms with Gasteiger partial charge in [-0.15, -0.1) is 0 Å². The molecule has 2 heterocycles. The van der Waals surface area contributed by atoms with Gasteiger partial charge in [-0.2, -0.15) is 0 Å². The van der Waals surface area contributed by atoms with E-state index in [2.05, 4.69) is 10.3 Å². The molecule has 0 unspecified atom stereocenters. The molecular formula is C9H10Cl2N2O. The Hall–Kier alpha value is -0.350. The molecule has 0 amide bonds. The van der Waals surface area contributed by atoms with Crippen molar-refractivity contribution in [3.63, 3.8) is 0 Å². The number of ether oxygens (including phenoxy) is 1. The summed E-state index contributed by atoms with van der Waals surface area (Å²) in [6.45, 7) is 2.21. The van der Waals surface area contributed by atoms with E-state index in [0.29, 0.717) is 16.9 Å². The lowest BCUT2D eigenvalue weighted by molar-refractivity contribution is 0.0768. The van der Waals surface area contributed by atoms with E-state index in [1.54, 1.807) is 6.07 Å². The molecule has 0 spiro atoms. The largest absolute Gasteiger partial charge is 0.378 e. The topological polar surface area (TPSA) is 34.1 Å². The van der Waals surface area contributed by atoms with Crippen molar-refractivity contribution in [2.75, 3.05) is 19.8 Å². The van der Waals surface area contributed by atoms with Gasteiger partial charge < -0.3 is 10.1 Å². The summed E-state index contributed by atoms with van der Waals surface area (Å²) in [5, 5.41) is 4.16. The van der Waals surface area contributed by atoms with Crippen molar-refractivity contribution >= 4 is 23.2 Å². The number of aromatic nitrogens is 1. The van der Waals surface area contributed by atoms with E-state index in [0.717, 1.165) is 18.7 Å². The first-order valence-electron chi connectivity index (χ1n) is 4.40. The van der Waals surface area contributed by atoms with Crippen LogP contribution in [-0.4, -0.2) is 24.7 Å². The van der Waals surface area contributed by atoms with Gasteiger partial charge in [0.05, 0.1) is 19.3 Å². The van der Waals surface area contributed by atoms with Crippen LogP contribution in [0.2, 0.25) is 10.3 Å². The predicted molar refractivity (Wildman–Crippen MR) is 55.8 cm³/mol. The molecule has 1 aromatic heterocycles. The Morgan fingerprint density at radius 2 is 2.29 bits per heavy atom. The van der Waals surface area contributed by atoms with Gasteiger partial charge in [0, 0.05) is 12.1 Å². The van der Waals surface area contributed by atoms with Crippen LogP contribution in [0.5, 0.6) is 0 Å². The monoisotopic (exact) mass is 232 g/mol. The molecule has 1 aliphatic heterocycles. The molecule has 0 saturated carbocycles. The van der Waals surface area contributed by atoms with E-state index in [-0.39, 0.29) is 6.04 Å². The molecule has 14 heavy (non-hydrogen) atoms. The standard InChI is InChI=1S/C9H10Cl2N2O/c10-8-2-1-6(9(11)13-8)7-5-14-4-3-12-7/h1-2,7,12H,3-5H2/t7-/m1/s1. The van der Waals surface area contributed by atoms with Crippen LogP contribution in [0.4, 0.5) is 0 Å². The third-order valence-corrected chi connectivity index (χ3v) is 2.65. The summed E-state index contributed by atoms with van der Waals surface area (Å²) in [5.74, 6) is 0. The van der Waals surface area contributed by atoms with Gasteiger partial charge in [-0.05, 0) is 6.07 Å². The average Bonchev–Trinajstić information content (AvgIpc) is 2.19. The lowest BCUT2D eigenvalue weighted by Gasteiger charge is -2.24. The molecule has 1 aliphatic rings. The van der Waals surface area contributed by atoms with E-state index in [1.807, 2.05) is 6.07 Å². The minimum absolute atomic E-state index is 0.126. The number of nitrogens with zero attached hydrogens (tertiary/aromatic N) is 1. The van der Waals surface area contributed by atoms with Gasteiger partial charge in [0.1, 0.15) is 10.3 Å². The average molecular weight is 233 g/mol. The molecule has 0 radical (unpaired) electrons. The Morgan fingerprint density at radius 1 is 1.43 bits per heavy atom. The Labute approximate surface area is 92.4 Å². The second-order valence-electron chi connectivity index (χ2n) is 3.10. The first-order chi connectivity index (χ1) is 6.77. The van der Waals surface area contributed by atoms with E-state index in [1.165, 1.54) is 0 Å². The number of halogens is 2. The van der Waals surface area contributed by atoms with Crippen LogP contribution in [0.15, 0.2) is 12.1 Å². The molecule has 0 aliphatic carbocycles. The second kappa shape index (κ2) is 4.45. The van der Waals surface area contributed by atoms with Crippen molar-refractivity contribution in [1.29, 1.82) is 0 Å². The highest BCUT2D eigenvalue weighted by Gasteiger charge is 2.18. The molecule has 0 bridgehead atoms. The van der Waals surface area contributed by atoms with Crippen molar-refractivity contribution in [2.24, 2.45) is 0 Å². The number of hydrogen-bond donors (Lipinski definition) is 1. The van der Waals surface area contributed by atoms with E-state index >= 15 is 0 Å². The van der Waals surface area contributed by atoms with E-state index in [9.17, 15) is 0 Å². The zero-order valence-corrected chi connectivity index (χ0v) is 8.98. The van der Waals surface area contributed by atoms with Crippen LogP contribution in [0.3, 0.4) is 0 Å². The molecule has 3 nitrogen and oxygen atoms in total. The molecule has 1 aromatic rings. The predicted octanol–water partition coefficient (Wildman–Crippen LogP) is 2.05. The smallest absolute Gasteiger partial charge is 0.135 e. The SMILES string of the molecule is Clc1ccc([C@H]2COCCN2)c(Cl)n1.